The van der Waals surface area contributed by atoms with Crippen LogP contribution < -0.4 is 4.90 Å². The van der Waals surface area contributed by atoms with Crippen LogP contribution in [0.4, 0.5) is 5.95 Å². The van der Waals surface area contributed by atoms with Gasteiger partial charge in [-0.25, -0.2) is 9.97 Å². The Morgan fingerprint density at radius 3 is 2.75 bits per heavy atom. The number of anilines is 1. The molecule has 3 rings (SSSR count). The summed E-state index contributed by atoms with van der Waals surface area (Å²) in [5, 5.41) is 9.38. The third kappa shape index (κ3) is 2.35. The van der Waals surface area contributed by atoms with Gasteiger partial charge < -0.3 is 14.9 Å². The lowest BCUT2D eigenvalue weighted by Crippen LogP contribution is -2.48. The lowest BCUT2D eigenvalue weighted by Gasteiger charge is -2.30. The monoisotopic (exact) mass is 276 g/mol. The minimum Gasteiger partial charge on any atom is -0.394 e. The van der Waals surface area contributed by atoms with Crippen LogP contribution >= 0.6 is 0 Å². The molecule has 1 amide bonds. The van der Waals surface area contributed by atoms with Crippen LogP contribution in [0.1, 0.15) is 25.7 Å². The quantitative estimate of drug-likeness (QED) is 0.867. The van der Waals surface area contributed by atoms with Crippen molar-refractivity contribution in [1.29, 1.82) is 0 Å². The molecule has 2 aliphatic heterocycles. The molecule has 1 aromatic heterocycles. The van der Waals surface area contributed by atoms with Crippen molar-refractivity contribution in [2.24, 2.45) is 0 Å². The number of aliphatic hydroxyl groups excluding tert-OH is 1. The Kier molecular flexibility index (Phi) is 3.82. The molecule has 0 bridgehead atoms. The average Bonchev–Trinajstić information content (AvgIpc) is 3.16. The predicted octanol–water partition coefficient (Wildman–Crippen LogP) is 0.429. The highest BCUT2D eigenvalue weighted by Gasteiger charge is 2.38. The first-order valence-electron chi connectivity index (χ1n) is 7.26. The maximum atomic E-state index is 12.7. The van der Waals surface area contributed by atoms with Gasteiger partial charge in [0, 0.05) is 25.5 Å². The van der Waals surface area contributed by atoms with Gasteiger partial charge in [0.25, 0.3) is 0 Å². The number of rotatable bonds is 3. The van der Waals surface area contributed by atoms with Gasteiger partial charge in [-0.1, -0.05) is 0 Å². The number of aliphatic hydroxyl groups is 1. The normalized spacial score (nSPS) is 26.2. The maximum absolute atomic E-state index is 12.7. The van der Waals surface area contributed by atoms with Crippen molar-refractivity contribution in [3.63, 3.8) is 0 Å². The lowest BCUT2D eigenvalue weighted by atomic mass is 10.1. The highest BCUT2D eigenvalue weighted by atomic mass is 16.3. The first-order valence-corrected chi connectivity index (χ1v) is 7.26. The third-order valence-corrected chi connectivity index (χ3v) is 4.22. The van der Waals surface area contributed by atoms with E-state index in [1.54, 1.807) is 18.5 Å². The Morgan fingerprint density at radius 1 is 1.25 bits per heavy atom. The Labute approximate surface area is 118 Å². The molecule has 0 aliphatic carbocycles. The Balaban J connectivity index is 1.77. The average molecular weight is 276 g/mol. The molecule has 0 spiro atoms. The molecular formula is C14H20N4O2. The van der Waals surface area contributed by atoms with E-state index in [2.05, 4.69) is 9.97 Å². The second-order valence-electron chi connectivity index (χ2n) is 5.41. The van der Waals surface area contributed by atoms with Gasteiger partial charge in [0.05, 0.1) is 12.6 Å². The molecule has 2 fully saturated rings. The molecule has 108 valence electrons. The van der Waals surface area contributed by atoms with Crippen molar-refractivity contribution in [3.8, 4) is 0 Å². The summed E-state index contributed by atoms with van der Waals surface area (Å²) in [7, 11) is 0. The number of hydrogen-bond donors (Lipinski definition) is 1. The highest BCUT2D eigenvalue weighted by molar-refractivity contribution is 5.85. The molecule has 1 aromatic rings. The first-order chi connectivity index (χ1) is 9.81. The van der Waals surface area contributed by atoms with Crippen LogP contribution in [0, 0.1) is 0 Å². The standard InChI is InChI=1S/C14H20N4O2/c19-10-11-4-1-8-17(11)13(20)12-5-2-9-18(12)14-15-6-3-7-16-14/h3,6-7,11-12,19H,1-2,4-5,8-10H2/t11-,12?/m0/s1. The number of carbonyl (C=O) groups excluding carboxylic acids is 1. The summed E-state index contributed by atoms with van der Waals surface area (Å²) in [6, 6.07) is 1.59. The second kappa shape index (κ2) is 5.75. The zero-order chi connectivity index (χ0) is 13.9. The van der Waals surface area contributed by atoms with E-state index in [0.717, 1.165) is 38.8 Å². The van der Waals surface area contributed by atoms with E-state index < -0.39 is 0 Å². The molecule has 1 unspecified atom stereocenters. The van der Waals surface area contributed by atoms with Crippen molar-refractivity contribution in [1.82, 2.24) is 14.9 Å². The number of likely N-dealkylation sites (tertiary alicyclic amines) is 1. The first kappa shape index (κ1) is 13.3. The fourth-order valence-corrected chi connectivity index (χ4v) is 3.21. The van der Waals surface area contributed by atoms with Gasteiger partial charge in [-0.05, 0) is 31.7 Å². The topological polar surface area (TPSA) is 69.6 Å². The fraction of sp³-hybridized carbons (Fsp3) is 0.643. The van der Waals surface area contributed by atoms with Gasteiger partial charge in [-0.3, -0.25) is 4.79 Å². The van der Waals surface area contributed by atoms with Crippen LogP contribution in [0.5, 0.6) is 0 Å². The third-order valence-electron chi connectivity index (χ3n) is 4.22. The van der Waals surface area contributed by atoms with E-state index in [4.69, 9.17) is 0 Å². The van der Waals surface area contributed by atoms with Gasteiger partial charge in [0.1, 0.15) is 6.04 Å². The van der Waals surface area contributed by atoms with Crippen LogP contribution in [0.3, 0.4) is 0 Å². The zero-order valence-corrected chi connectivity index (χ0v) is 11.5. The number of aromatic nitrogens is 2. The van der Waals surface area contributed by atoms with E-state index >= 15 is 0 Å². The molecular weight excluding hydrogens is 256 g/mol. The summed E-state index contributed by atoms with van der Waals surface area (Å²) in [4.78, 5) is 25.1. The number of carbonyl (C=O) groups is 1. The van der Waals surface area contributed by atoms with E-state index in [0.29, 0.717) is 5.95 Å². The minimum absolute atomic E-state index is 0.0124. The van der Waals surface area contributed by atoms with Gasteiger partial charge in [0.15, 0.2) is 0 Å². The van der Waals surface area contributed by atoms with Crippen molar-refractivity contribution in [2.45, 2.75) is 37.8 Å². The SMILES string of the molecule is O=C(C1CCCN1c1ncccn1)N1CCC[C@H]1CO. The van der Waals surface area contributed by atoms with Gasteiger partial charge in [-0.2, -0.15) is 0 Å². The molecule has 3 heterocycles. The van der Waals surface area contributed by atoms with Crippen molar-refractivity contribution in [2.75, 3.05) is 24.6 Å². The highest BCUT2D eigenvalue weighted by Crippen LogP contribution is 2.26. The summed E-state index contributed by atoms with van der Waals surface area (Å²) >= 11 is 0. The number of amides is 1. The summed E-state index contributed by atoms with van der Waals surface area (Å²) in [6.07, 6.45) is 7.10. The molecule has 2 aliphatic rings. The summed E-state index contributed by atoms with van der Waals surface area (Å²) in [5.74, 6) is 0.745. The molecule has 6 nitrogen and oxygen atoms in total. The van der Waals surface area contributed by atoms with Crippen molar-refractivity contribution < 1.29 is 9.90 Å². The predicted molar refractivity (Wildman–Crippen MR) is 74.2 cm³/mol. The molecule has 0 saturated carbocycles. The molecule has 0 aromatic carbocycles. The molecule has 0 radical (unpaired) electrons. The van der Waals surface area contributed by atoms with Crippen molar-refractivity contribution in [3.05, 3.63) is 18.5 Å². The fourth-order valence-electron chi connectivity index (χ4n) is 3.21. The van der Waals surface area contributed by atoms with Crippen LogP contribution in [0.25, 0.3) is 0 Å². The van der Waals surface area contributed by atoms with Crippen LogP contribution in [-0.4, -0.2) is 57.7 Å². The molecule has 2 saturated heterocycles. The molecule has 20 heavy (non-hydrogen) atoms. The van der Waals surface area contributed by atoms with E-state index in [9.17, 15) is 9.90 Å². The van der Waals surface area contributed by atoms with E-state index in [1.165, 1.54) is 0 Å². The van der Waals surface area contributed by atoms with E-state index in [1.807, 2.05) is 9.80 Å². The molecule has 6 heteroatoms. The van der Waals surface area contributed by atoms with Crippen LogP contribution in [0.2, 0.25) is 0 Å². The maximum Gasteiger partial charge on any atom is 0.245 e. The summed E-state index contributed by atoms with van der Waals surface area (Å²) in [5.41, 5.74) is 0. The minimum atomic E-state index is -0.176. The van der Waals surface area contributed by atoms with Gasteiger partial charge in [-0.15, -0.1) is 0 Å². The molecule has 1 N–H and O–H groups in total. The Hall–Kier alpha value is -1.69. The largest absolute Gasteiger partial charge is 0.394 e. The van der Waals surface area contributed by atoms with Gasteiger partial charge in [0.2, 0.25) is 11.9 Å². The number of nitrogens with zero attached hydrogens (tertiary/aromatic N) is 4. The zero-order valence-electron chi connectivity index (χ0n) is 11.5. The lowest BCUT2D eigenvalue weighted by molar-refractivity contribution is -0.133. The van der Waals surface area contributed by atoms with Gasteiger partial charge >= 0.3 is 0 Å². The Bertz CT molecular complexity index is 468. The Morgan fingerprint density at radius 2 is 2.00 bits per heavy atom. The summed E-state index contributed by atoms with van der Waals surface area (Å²) < 4.78 is 0. The van der Waals surface area contributed by atoms with Crippen LogP contribution in [0.15, 0.2) is 18.5 Å². The molecule has 2 atom stereocenters. The second-order valence-corrected chi connectivity index (χ2v) is 5.41. The van der Waals surface area contributed by atoms with Crippen molar-refractivity contribution >= 4 is 11.9 Å². The smallest absolute Gasteiger partial charge is 0.245 e. The number of hydrogen-bond acceptors (Lipinski definition) is 5. The van der Waals surface area contributed by atoms with Crippen LogP contribution in [-0.2, 0) is 4.79 Å². The summed E-state index contributed by atoms with van der Waals surface area (Å²) in [6.45, 7) is 1.63. The van der Waals surface area contributed by atoms with E-state index in [-0.39, 0.29) is 24.6 Å².